The predicted octanol–water partition coefficient (Wildman–Crippen LogP) is 2.46. The lowest BCUT2D eigenvalue weighted by Gasteiger charge is -2.21. The fourth-order valence-corrected chi connectivity index (χ4v) is 3.08. The van der Waals surface area contributed by atoms with E-state index in [1.165, 1.54) is 0 Å². The molecule has 1 aromatic rings. The van der Waals surface area contributed by atoms with Crippen LogP contribution in [-0.4, -0.2) is 15.4 Å². The Morgan fingerprint density at radius 1 is 1.31 bits per heavy atom. The van der Waals surface area contributed by atoms with Crippen LogP contribution in [0.15, 0.2) is 35.2 Å². The smallest absolute Gasteiger partial charge is 0.264 e. The third kappa shape index (κ3) is 2.70. The Bertz CT molecular complexity index is 444. The summed E-state index contributed by atoms with van der Waals surface area (Å²) in [5.41, 5.74) is 0.912. The molecule has 1 aromatic heterocycles. The van der Waals surface area contributed by atoms with Crippen molar-refractivity contribution in [2.45, 2.75) is 24.3 Å². The molecule has 0 bridgehead atoms. The normalized spacial score (nSPS) is 23.8. The van der Waals surface area contributed by atoms with Crippen molar-refractivity contribution in [1.29, 1.82) is 0 Å². The van der Waals surface area contributed by atoms with E-state index >= 15 is 0 Å². The highest BCUT2D eigenvalue weighted by molar-refractivity contribution is 7.99. The number of thioether (sulfide) groups is 1. The van der Waals surface area contributed by atoms with Crippen molar-refractivity contribution in [1.82, 2.24) is 10.2 Å². The molecule has 0 saturated heterocycles. The van der Waals surface area contributed by atoms with Crippen LogP contribution in [0.4, 0.5) is 0 Å². The topological polar surface area (TPSA) is 48.6 Å². The number of nitrogens with one attached hydrogen (secondary N) is 2. The second-order valence-electron chi connectivity index (χ2n) is 3.90. The van der Waals surface area contributed by atoms with Gasteiger partial charge in [-0.1, -0.05) is 31.2 Å². The fraction of sp³-hybridized carbons (Fsp3) is 0.417. The maximum Gasteiger partial charge on any atom is 0.264 e. The lowest BCUT2D eigenvalue weighted by Crippen LogP contribution is -2.14. The molecule has 1 heterocycles. The minimum absolute atomic E-state index is 0.0540. The van der Waals surface area contributed by atoms with E-state index in [9.17, 15) is 4.79 Å². The highest BCUT2D eigenvalue weighted by atomic mass is 32.2. The van der Waals surface area contributed by atoms with Crippen molar-refractivity contribution in [3.05, 3.63) is 46.4 Å². The van der Waals surface area contributed by atoms with Crippen LogP contribution >= 0.6 is 11.8 Å². The van der Waals surface area contributed by atoms with Gasteiger partial charge in [-0.2, -0.15) is 0 Å². The quantitative estimate of drug-likeness (QED) is 0.843. The number of allylic oxidation sites excluding steroid dienone is 3. The molecule has 0 radical (unpaired) electrons. The zero-order valence-corrected chi connectivity index (χ0v) is 10.1. The molecule has 2 atom stereocenters. The minimum Gasteiger partial charge on any atom is -0.301 e. The summed E-state index contributed by atoms with van der Waals surface area (Å²) in [7, 11) is 0. The molecule has 2 unspecified atom stereocenters. The summed E-state index contributed by atoms with van der Waals surface area (Å²) < 4.78 is 0. The predicted molar refractivity (Wildman–Crippen MR) is 68.6 cm³/mol. The van der Waals surface area contributed by atoms with E-state index in [4.69, 9.17) is 0 Å². The van der Waals surface area contributed by atoms with E-state index in [-0.39, 0.29) is 5.56 Å². The molecule has 0 saturated carbocycles. The molecule has 16 heavy (non-hydrogen) atoms. The van der Waals surface area contributed by atoms with Gasteiger partial charge in [0.1, 0.15) is 0 Å². The number of rotatable bonds is 4. The summed E-state index contributed by atoms with van der Waals surface area (Å²) in [4.78, 5) is 10.9. The zero-order valence-electron chi connectivity index (χ0n) is 9.27. The Balaban J connectivity index is 1.92. The molecule has 0 amide bonds. The van der Waals surface area contributed by atoms with Gasteiger partial charge in [0, 0.05) is 22.8 Å². The Morgan fingerprint density at radius 2 is 2.12 bits per heavy atom. The van der Waals surface area contributed by atoms with Crippen LogP contribution in [-0.2, 0) is 5.75 Å². The van der Waals surface area contributed by atoms with Crippen LogP contribution in [0.3, 0.4) is 0 Å². The molecule has 1 aliphatic rings. The van der Waals surface area contributed by atoms with Gasteiger partial charge in [0.25, 0.3) is 5.56 Å². The average molecular weight is 236 g/mol. The van der Waals surface area contributed by atoms with E-state index in [2.05, 4.69) is 41.4 Å². The Labute approximate surface area is 99.0 Å². The van der Waals surface area contributed by atoms with Crippen molar-refractivity contribution in [3.63, 3.8) is 0 Å². The SMILES string of the molecule is CCC1C=CC=CC1SCc1cc(=O)[nH][nH]1. The van der Waals surface area contributed by atoms with Gasteiger partial charge in [0.15, 0.2) is 0 Å². The maximum absolute atomic E-state index is 10.9. The van der Waals surface area contributed by atoms with E-state index in [1.54, 1.807) is 6.07 Å². The van der Waals surface area contributed by atoms with Crippen LogP contribution < -0.4 is 5.56 Å². The van der Waals surface area contributed by atoms with Crippen LogP contribution in [0.2, 0.25) is 0 Å². The summed E-state index contributed by atoms with van der Waals surface area (Å²) in [6, 6.07) is 1.62. The van der Waals surface area contributed by atoms with Gasteiger partial charge in [-0.3, -0.25) is 9.89 Å². The zero-order chi connectivity index (χ0) is 11.4. The summed E-state index contributed by atoms with van der Waals surface area (Å²) in [5.74, 6) is 1.46. The molecule has 2 N–H and O–H groups in total. The molecular weight excluding hydrogens is 220 g/mol. The third-order valence-electron chi connectivity index (χ3n) is 2.75. The van der Waals surface area contributed by atoms with Gasteiger partial charge < -0.3 is 5.10 Å². The van der Waals surface area contributed by atoms with Gasteiger partial charge in [-0.05, 0) is 12.3 Å². The lowest BCUT2D eigenvalue weighted by molar-refractivity contribution is 0.645. The standard InChI is InChI=1S/C12H16N2OS/c1-2-9-5-3-4-6-11(9)16-8-10-7-12(15)14-13-10/h3-7,9,11H,2,8H2,1H3,(H2,13,14,15). The van der Waals surface area contributed by atoms with Crippen molar-refractivity contribution >= 4 is 11.8 Å². The van der Waals surface area contributed by atoms with Crippen molar-refractivity contribution in [2.24, 2.45) is 5.92 Å². The number of aromatic nitrogens is 2. The monoisotopic (exact) mass is 236 g/mol. The second kappa shape index (κ2) is 5.25. The van der Waals surface area contributed by atoms with Gasteiger partial charge >= 0.3 is 0 Å². The fourth-order valence-electron chi connectivity index (χ4n) is 1.82. The summed E-state index contributed by atoms with van der Waals surface area (Å²) in [6.45, 7) is 2.21. The molecule has 0 aromatic carbocycles. The number of hydrogen-bond donors (Lipinski definition) is 2. The number of hydrogen-bond acceptors (Lipinski definition) is 2. The van der Waals surface area contributed by atoms with Crippen molar-refractivity contribution in [2.75, 3.05) is 0 Å². The maximum atomic E-state index is 10.9. The first kappa shape index (κ1) is 11.3. The van der Waals surface area contributed by atoms with Gasteiger partial charge in [-0.25, -0.2) is 0 Å². The molecular formula is C12H16N2OS. The van der Waals surface area contributed by atoms with E-state index < -0.39 is 0 Å². The molecule has 0 fully saturated rings. The number of aromatic amines is 2. The van der Waals surface area contributed by atoms with Crippen molar-refractivity contribution in [3.8, 4) is 0 Å². The van der Waals surface area contributed by atoms with Gasteiger partial charge in [0.05, 0.1) is 0 Å². The number of H-pyrrole nitrogens is 2. The molecule has 3 nitrogen and oxygen atoms in total. The summed E-state index contributed by atoms with van der Waals surface area (Å²) >= 11 is 1.87. The van der Waals surface area contributed by atoms with E-state index in [0.717, 1.165) is 17.9 Å². The van der Waals surface area contributed by atoms with Crippen LogP contribution in [0, 0.1) is 5.92 Å². The molecule has 0 aliphatic heterocycles. The highest BCUT2D eigenvalue weighted by Crippen LogP contribution is 2.29. The average Bonchev–Trinajstić information content (AvgIpc) is 2.73. The highest BCUT2D eigenvalue weighted by Gasteiger charge is 2.17. The lowest BCUT2D eigenvalue weighted by atomic mass is 9.98. The van der Waals surface area contributed by atoms with Gasteiger partial charge in [0.2, 0.25) is 0 Å². The van der Waals surface area contributed by atoms with E-state index in [0.29, 0.717) is 11.2 Å². The summed E-state index contributed by atoms with van der Waals surface area (Å²) in [5, 5.41) is 5.95. The molecule has 4 heteroatoms. The first-order chi connectivity index (χ1) is 7.79. The molecule has 0 spiro atoms. The second-order valence-corrected chi connectivity index (χ2v) is 5.07. The van der Waals surface area contributed by atoms with Crippen LogP contribution in [0.1, 0.15) is 19.0 Å². The Hall–Kier alpha value is -1.16. The summed E-state index contributed by atoms with van der Waals surface area (Å²) in [6.07, 6.45) is 9.87. The largest absolute Gasteiger partial charge is 0.301 e. The first-order valence-electron chi connectivity index (χ1n) is 5.52. The van der Waals surface area contributed by atoms with Crippen LogP contribution in [0.5, 0.6) is 0 Å². The first-order valence-corrected chi connectivity index (χ1v) is 6.57. The third-order valence-corrected chi connectivity index (χ3v) is 4.12. The van der Waals surface area contributed by atoms with Crippen LogP contribution in [0.25, 0.3) is 0 Å². The van der Waals surface area contributed by atoms with Gasteiger partial charge in [-0.15, -0.1) is 11.8 Å². The Kier molecular flexibility index (Phi) is 3.72. The van der Waals surface area contributed by atoms with Crippen molar-refractivity contribution < 1.29 is 0 Å². The molecule has 2 rings (SSSR count). The molecule has 86 valence electrons. The Morgan fingerprint density at radius 3 is 2.81 bits per heavy atom. The minimum atomic E-state index is -0.0540. The molecule has 1 aliphatic carbocycles. The van der Waals surface area contributed by atoms with E-state index in [1.807, 2.05) is 11.8 Å².